The number of hydrogen-bond acceptors (Lipinski definition) is 3. The predicted molar refractivity (Wildman–Crippen MR) is 53.1 cm³/mol. The van der Waals surface area contributed by atoms with E-state index in [1.165, 1.54) is 0 Å². The molecule has 0 aromatic rings. The second kappa shape index (κ2) is 3.94. The highest BCUT2D eigenvalue weighted by molar-refractivity contribution is 7.89. The van der Waals surface area contributed by atoms with Crippen LogP contribution in [-0.2, 0) is 10.0 Å². The van der Waals surface area contributed by atoms with Crippen LogP contribution in [0.5, 0.6) is 0 Å². The third-order valence-corrected chi connectivity index (χ3v) is 4.38. The van der Waals surface area contributed by atoms with Crippen molar-refractivity contribution in [2.45, 2.75) is 19.9 Å². The van der Waals surface area contributed by atoms with Crippen LogP contribution in [0, 0.1) is 0 Å². The van der Waals surface area contributed by atoms with Gasteiger partial charge < -0.3 is 4.90 Å². The molecule has 5 heteroatoms. The first kappa shape index (κ1) is 10.9. The lowest BCUT2D eigenvalue weighted by molar-refractivity contribution is 0.302. The van der Waals surface area contributed by atoms with Gasteiger partial charge in [0.15, 0.2) is 0 Å². The minimum absolute atomic E-state index is 0.0801. The van der Waals surface area contributed by atoms with E-state index in [-0.39, 0.29) is 11.8 Å². The van der Waals surface area contributed by atoms with Gasteiger partial charge in [-0.15, -0.1) is 0 Å². The Balaban J connectivity index is 2.81. The average Bonchev–Trinajstić information content (AvgIpc) is 2.11. The van der Waals surface area contributed by atoms with Crippen molar-refractivity contribution in [3.05, 3.63) is 0 Å². The molecule has 0 bridgehead atoms. The molecular formula is C8H18N2O2S. The normalized spacial score (nSPS) is 26.2. The molecule has 0 aromatic heterocycles. The smallest absolute Gasteiger partial charge is 0.215 e. The summed E-state index contributed by atoms with van der Waals surface area (Å²) in [6, 6.07) is 0.0801. The van der Waals surface area contributed by atoms with Crippen LogP contribution in [0.1, 0.15) is 13.8 Å². The van der Waals surface area contributed by atoms with Crippen molar-refractivity contribution in [3.8, 4) is 0 Å². The van der Waals surface area contributed by atoms with Gasteiger partial charge in [-0.25, -0.2) is 8.42 Å². The van der Waals surface area contributed by atoms with Crippen molar-refractivity contribution in [2.75, 3.05) is 32.4 Å². The van der Waals surface area contributed by atoms with Crippen LogP contribution in [0.3, 0.4) is 0 Å². The summed E-state index contributed by atoms with van der Waals surface area (Å²) in [6.07, 6.45) is 0. The van der Waals surface area contributed by atoms with Gasteiger partial charge in [0.05, 0.1) is 5.75 Å². The van der Waals surface area contributed by atoms with Crippen LogP contribution < -0.4 is 0 Å². The Labute approximate surface area is 80.6 Å². The Hall–Kier alpha value is -0.130. The first-order chi connectivity index (χ1) is 5.93. The highest BCUT2D eigenvalue weighted by Crippen LogP contribution is 2.10. The Morgan fingerprint density at radius 1 is 1.15 bits per heavy atom. The standard InChI is InChI=1S/C8H18N2O2S/c1-8(2)10-5-4-9(3)6-7-13(10,11)12/h8H,4-7H2,1-3H3. The lowest BCUT2D eigenvalue weighted by atomic mass is 10.4. The molecule has 0 aromatic carbocycles. The SMILES string of the molecule is CC(C)N1CCN(C)CCS1(=O)=O. The largest absolute Gasteiger partial charge is 0.304 e. The topological polar surface area (TPSA) is 40.6 Å². The molecule has 1 aliphatic rings. The zero-order chi connectivity index (χ0) is 10.1. The highest BCUT2D eigenvalue weighted by atomic mass is 32.2. The lowest BCUT2D eigenvalue weighted by Crippen LogP contribution is -2.39. The first-order valence-corrected chi connectivity index (χ1v) is 6.22. The van der Waals surface area contributed by atoms with Crippen molar-refractivity contribution >= 4 is 10.0 Å². The van der Waals surface area contributed by atoms with E-state index in [2.05, 4.69) is 4.90 Å². The number of nitrogens with zero attached hydrogens (tertiary/aromatic N) is 2. The highest BCUT2D eigenvalue weighted by Gasteiger charge is 2.27. The van der Waals surface area contributed by atoms with Gasteiger partial charge in [-0.3, -0.25) is 0 Å². The third-order valence-electron chi connectivity index (χ3n) is 2.37. The molecule has 4 nitrogen and oxygen atoms in total. The number of hydrogen-bond donors (Lipinski definition) is 0. The molecule has 0 atom stereocenters. The fourth-order valence-corrected chi connectivity index (χ4v) is 3.27. The van der Waals surface area contributed by atoms with E-state index in [4.69, 9.17) is 0 Å². The van der Waals surface area contributed by atoms with Crippen molar-refractivity contribution in [2.24, 2.45) is 0 Å². The number of likely N-dealkylation sites (N-methyl/N-ethyl adjacent to an activating group) is 1. The van der Waals surface area contributed by atoms with Crippen LogP contribution >= 0.6 is 0 Å². The van der Waals surface area contributed by atoms with Crippen LogP contribution in [0.4, 0.5) is 0 Å². The van der Waals surface area contributed by atoms with Crippen molar-refractivity contribution in [1.82, 2.24) is 9.21 Å². The molecule has 13 heavy (non-hydrogen) atoms. The number of sulfonamides is 1. The number of rotatable bonds is 1. The maximum Gasteiger partial charge on any atom is 0.215 e. The summed E-state index contributed by atoms with van der Waals surface area (Å²) in [6.45, 7) is 5.94. The minimum Gasteiger partial charge on any atom is -0.304 e. The lowest BCUT2D eigenvalue weighted by Gasteiger charge is -2.23. The van der Waals surface area contributed by atoms with E-state index < -0.39 is 10.0 Å². The second-order valence-corrected chi connectivity index (χ2v) is 5.86. The fraction of sp³-hybridized carbons (Fsp3) is 1.00. The van der Waals surface area contributed by atoms with Crippen LogP contribution in [0.2, 0.25) is 0 Å². The molecule has 78 valence electrons. The van der Waals surface area contributed by atoms with Gasteiger partial charge in [-0.05, 0) is 20.9 Å². The first-order valence-electron chi connectivity index (χ1n) is 4.61. The summed E-state index contributed by atoms with van der Waals surface area (Å²) in [5, 5.41) is 0. The molecule has 0 unspecified atom stereocenters. The average molecular weight is 206 g/mol. The molecule has 1 aliphatic heterocycles. The molecule has 1 saturated heterocycles. The zero-order valence-electron chi connectivity index (χ0n) is 8.52. The molecule has 0 N–H and O–H groups in total. The second-order valence-electron chi connectivity index (χ2n) is 3.82. The molecule has 0 aliphatic carbocycles. The molecule has 1 fully saturated rings. The maximum absolute atomic E-state index is 11.7. The quantitative estimate of drug-likeness (QED) is 0.605. The Morgan fingerprint density at radius 3 is 2.31 bits per heavy atom. The van der Waals surface area contributed by atoms with Crippen LogP contribution in [-0.4, -0.2) is 56.1 Å². The summed E-state index contributed by atoms with van der Waals surface area (Å²) >= 11 is 0. The van der Waals surface area contributed by atoms with Crippen LogP contribution in [0.15, 0.2) is 0 Å². The van der Waals surface area contributed by atoms with E-state index in [1.807, 2.05) is 20.9 Å². The zero-order valence-corrected chi connectivity index (χ0v) is 9.34. The van der Waals surface area contributed by atoms with Gasteiger partial charge >= 0.3 is 0 Å². The van der Waals surface area contributed by atoms with Crippen molar-refractivity contribution < 1.29 is 8.42 Å². The summed E-state index contributed by atoms with van der Waals surface area (Å²) in [5.41, 5.74) is 0. The van der Waals surface area contributed by atoms with E-state index in [9.17, 15) is 8.42 Å². The maximum atomic E-state index is 11.7. The minimum atomic E-state index is -3.00. The fourth-order valence-electron chi connectivity index (χ4n) is 1.49. The molecule has 0 amide bonds. The van der Waals surface area contributed by atoms with Crippen molar-refractivity contribution in [1.29, 1.82) is 0 Å². The third kappa shape index (κ3) is 2.65. The summed E-state index contributed by atoms with van der Waals surface area (Å²) in [4.78, 5) is 2.06. The van der Waals surface area contributed by atoms with Gasteiger partial charge in [0, 0.05) is 25.7 Å². The molecule has 1 rings (SSSR count). The molecule has 0 radical (unpaired) electrons. The molecule has 0 saturated carbocycles. The van der Waals surface area contributed by atoms with Crippen LogP contribution in [0.25, 0.3) is 0 Å². The monoisotopic (exact) mass is 206 g/mol. The summed E-state index contributed by atoms with van der Waals surface area (Å²) in [7, 11) is -1.04. The molecular weight excluding hydrogens is 188 g/mol. The van der Waals surface area contributed by atoms with Gasteiger partial charge in [0.2, 0.25) is 10.0 Å². The van der Waals surface area contributed by atoms with E-state index in [0.717, 1.165) is 6.54 Å². The molecule has 0 spiro atoms. The predicted octanol–water partition coefficient (Wildman–Crippen LogP) is -0.0280. The summed E-state index contributed by atoms with van der Waals surface area (Å²) in [5.74, 6) is 0.252. The Morgan fingerprint density at radius 2 is 1.77 bits per heavy atom. The van der Waals surface area contributed by atoms with Gasteiger partial charge in [-0.1, -0.05) is 0 Å². The van der Waals surface area contributed by atoms with E-state index in [0.29, 0.717) is 13.1 Å². The van der Waals surface area contributed by atoms with Crippen molar-refractivity contribution in [3.63, 3.8) is 0 Å². The molecule has 1 heterocycles. The van der Waals surface area contributed by atoms with E-state index >= 15 is 0 Å². The van der Waals surface area contributed by atoms with Gasteiger partial charge in [0.25, 0.3) is 0 Å². The Bertz CT molecular complexity index is 261. The van der Waals surface area contributed by atoms with Gasteiger partial charge in [0.1, 0.15) is 0 Å². The summed E-state index contributed by atoms with van der Waals surface area (Å²) < 4.78 is 25.0. The van der Waals surface area contributed by atoms with Gasteiger partial charge in [-0.2, -0.15) is 4.31 Å². The Kier molecular flexibility index (Phi) is 3.32. The van der Waals surface area contributed by atoms with E-state index in [1.54, 1.807) is 4.31 Å².